The highest BCUT2D eigenvalue weighted by Crippen LogP contribution is 2.25. The largest absolute Gasteiger partial charge is 0.467 e. The van der Waals surface area contributed by atoms with Crippen LogP contribution in [-0.2, 0) is 12.3 Å². The smallest absolute Gasteiger partial charge is 0.262 e. The predicted octanol–water partition coefficient (Wildman–Crippen LogP) is 5.17. The number of halogens is 1. The van der Waals surface area contributed by atoms with Crippen LogP contribution in [0.4, 0.5) is 0 Å². The molecule has 0 aliphatic rings. The molecular weight excluding hydrogens is 432 g/mol. The lowest BCUT2D eigenvalue weighted by atomic mass is 10.2. The topological polar surface area (TPSA) is 65.8 Å². The second-order valence-corrected chi connectivity index (χ2v) is 8.31. The molecule has 0 saturated carbocycles. The van der Waals surface area contributed by atoms with Crippen molar-refractivity contribution in [3.05, 3.63) is 106 Å². The number of hydrogen-bond donors (Lipinski definition) is 0. The number of benzene rings is 2. The van der Waals surface area contributed by atoms with Crippen LogP contribution in [0.1, 0.15) is 11.3 Å². The van der Waals surface area contributed by atoms with Crippen molar-refractivity contribution in [1.29, 1.82) is 0 Å². The van der Waals surface area contributed by atoms with Crippen molar-refractivity contribution < 1.29 is 4.42 Å². The Hall–Kier alpha value is -3.29. The maximum atomic E-state index is 13.2. The predicted molar refractivity (Wildman–Crippen MR) is 122 cm³/mol. The Bertz CT molecular complexity index is 1380. The first-order valence-electron chi connectivity index (χ1n) is 9.61. The third kappa shape index (κ3) is 4.15. The van der Waals surface area contributed by atoms with Gasteiger partial charge in [0, 0.05) is 23.2 Å². The van der Waals surface area contributed by atoms with Gasteiger partial charge in [-0.25, -0.2) is 9.67 Å². The molecule has 0 fully saturated rings. The first-order chi connectivity index (χ1) is 15.2. The molecule has 154 valence electrons. The van der Waals surface area contributed by atoms with Crippen molar-refractivity contribution in [2.45, 2.75) is 17.5 Å². The van der Waals surface area contributed by atoms with Gasteiger partial charge in [-0.3, -0.25) is 9.36 Å². The Morgan fingerprint density at radius 3 is 2.68 bits per heavy atom. The van der Waals surface area contributed by atoms with Crippen LogP contribution in [0, 0.1) is 0 Å². The zero-order valence-electron chi connectivity index (χ0n) is 16.3. The molecule has 8 heteroatoms. The van der Waals surface area contributed by atoms with Crippen molar-refractivity contribution in [2.24, 2.45) is 0 Å². The Morgan fingerprint density at radius 1 is 1.06 bits per heavy atom. The molecule has 6 nitrogen and oxygen atoms in total. The van der Waals surface area contributed by atoms with E-state index in [1.807, 2.05) is 41.2 Å². The summed E-state index contributed by atoms with van der Waals surface area (Å²) < 4.78 is 8.93. The van der Waals surface area contributed by atoms with Gasteiger partial charge < -0.3 is 4.42 Å². The van der Waals surface area contributed by atoms with E-state index < -0.39 is 0 Å². The van der Waals surface area contributed by atoms with Crippen LogP contribution in [0.3, 0.4) is 0 Å². The summed E-state index contributed by atoms with van der Waals surface area (Å²) in [5, 5.41) is 5.94. The molecule has 0 spiro atoms. The molecule has 5 aromatic rings. The lowest BCUT2D eigenvalue weighted by molar-refractivity contribution is 0.476. The van der Waals surface area contributed by atoms with E-state index >= 15 is 0 Å². The number of aromatic nitrogens is 4. The van der Waals surface area contributed by atoms with E-state index in [4.69, 9.17) is 21.0 Å². The van der Waals surface area contributed by atoms with Gasteiger partial charge in [-0.05, 0) is 54.1 Å². The Kier molecular flexibility index (Phi) is 5.36. The number of nitrogens with zero attached hydrogens (tertiary/aromatic N) is 4. The summed E-state index contributed by atoms with van der Waals surface area (Å²) in [5.41, 5.74) is 2.58. The van der Waals surface area contributed by atoms with E-state index in [9.17, 15) is 4.79 Å². The minimum atomic E-state index is -0.116. The van der Waals surface area contributed by atoms with Crippen LogP contribution in [0.5, 0.6) is 0 Å². The molecular formula is C23H17ClN4O2S. The van der Waals surface area contributed by atoms with Gasteiger partial charge in [0.05, 0.1) is 29.4 Å². The fourth-order valence-electron chi connectivity index (χ4n) is 3.30. The third-order valence-electron chi connectivity index (χ3n) is 4.85. The highest BCUT2D eigenvalue weighted by molar-refractivity contribution is 7.98. The molecule has 31 heavy (non-hydrogen) atoms. The van der Waals surface area contributed by atoms with Gasteiger partial charge in [-0.15, -0.1) is 0 Å². The minimum Gasteiger partial charge on any atom is -0.467 e. The molecule has 0 unspecified atom stereocenters. The molecule has 0 amide bonds. The van der Waals surface area contributed by atoms with E-state index in [1.165, 1.54) is 11.8 Å². The normalized spacial score (nSPS) is 11.3. The standard InChI is InChI=1S/C23H17ClN4O2S/c24-17-6-9-20-21(13-17)26-23(27(22(20)29)14-19-3-1-12-30-19)31-15-16-4-7-18(8-5-16)28-11-2-10-25-28/h1-13H,14-15H2. The number of hydrogen-bond acceptors (Lipinski definition) is 5. The molecule has 3 aromatic heterocycles. The van der Waals surface area contributed by atoms with Crippen LogP contribution in [0.15, 0.2) is 93.7 Å². The van der Waals surface area contributed by atoms with E-state index in [0.29, 0.717) is 39.1 Å². The second-order valence-electron chi connectivity index (χ2n) is 6.93. The van der Waals surface area contributed by atoms with Gasteiger partial charge in [-0.2, -0.15) is 5.10 Å². The first-order valence-corrected chi connectivity index (χ1v) is 11.0. The van der Waals surface area contributed by atoms with E-state index in [2.05, 4.69) is 17.2 Å². The van der Waals surface area contributed by atoms with Crippen LogP contribution in [0.25, 0.3) is 16.6 Å². The summed E-state index contributed by atoms with van der Waals surface area (Å²) in [5.74, 6) is 1.36. The van der Waals surface area contributed by atoms with Crippen molar-refractivity contribution in [1.82, 2.24) is 19.3 Å². The van der Waals surface area contributed by atoms with Gasteiger partial charge >= 0.3 is 0 Å². The summed E-state index contributed by atoms with van der Waals surface area (Å²) in [6.45, 7) is 0.317. The fraction of sp³-hybridized carbons (Fsp3) is 0.0870. The van der Waals surface area contributed by atoms with Gasteiger partial charge in [0.1, 0.15) is 5.76 Å². The molecule has 0 aliphatic heterocycles. The van der Waals surface area contributed by atoms with Gasteiger partial charge in [0.2, 0.25) is 0 Å². The summed E-state index contributed by atoms with van der Waals surface area (Å²) in [4.78, 5) is 17.9. The zero-order chi connectivity index (χ0) is 21.2. The molecule has 0 radical (unpaired) electrons. The maximum Gasteiger partial charge on any atom is 0.262 e. The molecule has 2 aromatic carbocycles. The number of furan rings is 1. The van der Waals surface area contributed by atoms with Crippen LogP contribution in [-0.4, -0.2) is 19.3 Å². The highest BCUT2D eigenvalue weighted by atomic mass is 35.5. The summed E-state index contributed by atoms with van der Waals surface area (Å²) >= 11 is 7.64. The average molecular weight is 449 g/mol. The SMILES string of the molecule is O=c1c2ccc(Cl)cc2nc(SCc2ccc(-n3cccn3)cc2)n1Cc1ccco1. The van der Waals surface area contributed by atoms with Crippen molar-refractivity contribution in [3.63, 3.8) is 0 Å². The highest BCUT2D eigenvalue weighted by Gasteiger charge is 2.14. The van der Waals surface area contributed by atoms with Crippen molar-refractivity contribution in [3.8, 4) is 5.69 Å². The summed E-state index contributed by atoms with van der Waals surface area (Å²) in [6.07, 6.45) is 5.25. The molecule has 0 aliphatic carbocycles. The van der Waals surface area contributed by atoms with Crippen LogP contribution in [0.2, 0.25) is 5.02 Å². The Morgan fingerprint density at radius 2 is 1.94 bits per heavy atom. The summed E-state index contributed by atoms with van der Waals surface area (Å²) in [6, 6.07) is 18.8. The van der Waals surface area contributed by atoms with E-state index in [-0.39, 0.29) is 5.56 Å². The number of fused-ring (bicyclic) bond motifs is 1. The minimum absolute atomic E-state index is 0.116. The van der Waals surface area contributed by atoms with E-state index in [1.54, 1.807) is 35.2 Å². The fourth-order valence-corrected chi connectivity index (χ4v) is 4.42. The van der Waals surface area contributed by atoms with Crippen molar-refractivity contribution in [2.75, 3.05) is 0 Å². The molecule has 0 atom stereocenters. The first kappa shape index (κ1) is 19.7. The van der Waals surface area contributed by atoms with Gasteiger partial charge in [-0.1, -0.05) is 35.5 Å². The van der Waals surface area contributed by atoms with Gasteiger partial charge in [0.25, 0.3) is 5.56 Å². The number of thioether (sulfide) groups is 1. The molecule has 3 heterocycles. The van der Waals surface area contributed by atoms with Gasteiger partial charge in [0.15, 0.2) is 5.16 Å². The Labute approximate surface area is 187 Å². The molecule has 0 saturated heterocycles. The lowest BCUT2D eigenvalue weighted by Gasteiger charge is -2.12. The second kappa shape index (κ2) is 8.45. The monoisotopic (exact) mass is 448 g/mol. The van der Waals surface area contributed by atoms with Crippen molar-refractivity contribution >= 4 is 34.3 Å². The lowest BCUT2D eigenvalue weighted by Crippen LogP contribution is -2.23. The third-order valence-corrected chi connectivity index (χ3v) is 6.13. The van der Waals surface area contributed by atoms with E-state index in [0.717, 1.165) is 11.3 Å². The molecule has 0 bridgehead atoms. The average Bonchev–Trinajstić information content (AvgIpc) is 3.49. The van der Waals surface area contributed by atoms with Crippen LogP contribution >= 0.6 is 23.4 Å². The zero-order valence-corrected chi connectivity index (χ0v) is 17.9. The van der Waals surface area contributed by atoms with Crippen LogP contribution < -0.4 is 5.56 Å². The maximum absolute atomic E-state index is 13.2. The molecule has 5 rings (SSSR count). The number of rotatable bonds is 6. The Balaban J connectivity index is 1.46. The molecule has 0 N–H and O–H groups in total. The quantitative estimate of drug-likeness (QED) is 0.265. The summed E-state index contributed by atoms with van der Waals surface area (Å²) in [7, 11) is 0.